The molecule has 0 spiro atoms. The Morgan fingerprint density at radius 2 is 1.81 bits per heavy atom. The van der Waals surface area contributed by atoms with E-state index in [0.717, 1.165) is 31.4 Å². The summed E-state index contributed by atoms with van der Waals surface area (Å²) in [5, 5.41) is 2.38. The van der Waals surface area contributed by atoms with E-state index in [1.807, 2.05) is 6.92 Å². The highest BCUT2D eigenvalue weighted by atomic mass is 32.2. The third-order valence-corrected chi connectivity index (χ3v) is 7.42. The molecule has 1 atom stereocenters. The number of piperidine rings is 1. The number of amides is 1. The van der Waals surface area contributed by atoms with Crippen LogP contribution in [0.1, 0.15) is 46.9 Å². The Hall–Kier alpha value is -2.98. The molecular formula is C22H25FN2O6S. The van der Waals surface area contributed by atoms with Crippen molar-refractivity contribution >= 4 is 27.6 Å². The Morgan fingerprint density at radius 3 is 2.47 bits per heavy atom. The van der Waals surface area contributed by atoms with Crippen LogP contribution in [0.3, 0.4) is 0 Å². The van der Waals surface area contributed by atoms with Gasteiger partial charge in [-0.25, -0.2) is 17.6 Å². The van der Waals surface area contributed by atoms with Gasteiger partial charge in [-0.2, -0.15) is 4.31 Å². The summed E-state index contributed by atoms with van der Waals surface area (Å²) in [6.45, 7) is 2.23. The number of carbonyl (C=O) groups is 2. The smallest absolute Gasteiger partial charge is 0.337 e. The highest BCUT2D eigenvalue weighted by molar-refractivity contribution is 7.89. The van der Waals surface area contributed by atoms with Crippen molar-refractivity contribution in [1.29, 1.82) is 0 Å². The minimum atomic E-state index is -3.92. The standard InChI is InChI=1S/C22H25FN2O6S/c1-14-6-4-5-11-25(14)32(28,29)20-13-15(8-10-19(20)30-2)21(26)24-18-12-16(22(27)31-3)7-9-17(18)23/h7-10,12-14H,4-6,11H2,1-3H3,(H,24,26). The van der Waals surface area contributed by atoms with Crippen LogP contribution in [-0.2, 0) is 14.8 Å². The molecule has 0 radical (unpaired) electrons. The minimum Gasteiger partial charge on any atom is -0.495 e. The normalized spacial score (nSPS) is 16.9. The van der Waals surface area contributed by atoms with Crippen molar-refractivity contribution in [3.05, 3.63) is 53.3 Å². The van der Waals surface area contributed by atoms with E-state index in [2.05, 4.69) is 10.1 Å². The largest absolute Gasteiger partial charge is 0.495 e. The lowest BCUT2D eigenvalue weighted by atomic mass is 10.1. The first-order valence-electron chi connectivity index (χ1n) is 10.1. The number of hydrogen-bond donors (Lipinski definition) is 1. The Balaban J connectivity index is 1.95. The zero-order valence-corrected chi connectivity index (χ0v) is 18.9. The second-order valence-electron chi connectivity index (χ2n) is 7.47. The number of nitrogens with one attached hydrogen (secondary N) is 1. The van der Waals surface area contributed by atoms with Gasteiger partial charge in [-0.05, 0) is 56.2 Å². The highest BCUT2D eigenvalue weighted by Crippen LogP contribution is 2.32. The summed E-state index contributed by atoms with van der Waals surface area (Å²) in [7, 11) is -1.38. The molecule has 1 heterocycles. The van der Waals surface area contributed by atoms with E-state index in [4.69, 9.17) is 4.74 Å². The SMILES string of the molecule is COC(=O)c1ccc(F)c(NC(=O)c2ccc(OC)c(S(=O)(=O)N3CCCCC3C)c2)c1. The molecule has 1 N–H and O–H groups in total. The third kappa shape index (κ3) is 4.76. The second kappa shape index (κ2) is 9.66. The van der Waals surface area contributed by atoms with Crippen LogP contribution in [-0.4, -0.2) is 51.4 Å². The van der Waals surface area contributed by atoms with Crippen LogP contribution < -0.4 is 10.1 Å². The van der Waals surface area contributed by atoms with Crippen LogP contribution in [0.4, 0.5) is 10.1 Å². The van der Waals surface area contributed by atoms with Crippen molar-refractivity contribution in [3.63, 3.8) is 0 Å². The highest BCUT2D eigenvalue weighted by Gasteiger charge is 2.33. The maximum absolute atomic E-state index is 14.2. The summed E-state index contributed by atoms with van der Waals surface area (Å²) < 4.78 is 52.1. The first kappa shape index (κ1) is 23.7. The number of ether oxygens (including phenoxy) is 2. The molecule has 1 aliphatic rings. The third-order valence-electron chi connectivity index (χ3n) is 5.39. The fraction of sp³-hybridized carbons (Fsp3) is 0.364. The Morgan fingerprint density at radius 1 is 1.09 bits per heavy atom. The monoisotopic (exact) mass is 464 g/mol. The fourth-order valence-corrected chi connectivity index (χ4v) is 5.52. The van der Waals surface area contributed by atoms with Crippen molar-refractivity contribution in [2.45, 2.75) is 37.1 Å². The summed E-state index contributed by atoms with van der Waals surface area (Å²) in [5.41, 5.74) is -0.180. The second-order valence-corrected chi connectivity index (χ2v) is 9.33. The number of benzene rings is 2. The zero-order valence-electron chi connectivity index (χ0n) is 18.1. The molecule has 1 amide bonds. The van der Waals surface area contributed by atoms with Gasteiger partial charge in [0.05, 0.1) is 25.5 Å². The molecule has 0 aliphatic carbocycles. The maximum Gasteiger partial charge on any atom is 0.337 e. The van der Waals surface area contributed by atoms with Crippen LogP contribution in [0.5, 0.6) is 5.75 Å². The number of anilines is 1. The van der Waals surface area contributed by atoms with Crippen LogP contribution in [0.15, 0.2) is 41.3 Å². The van der Waals surface area contributed by atoms with Gasteiger partial charge in [0.1, 0.15) is 16.5 Å². The lowest BCUT2D eigenvalue weighted by Gasteiger charge is -2.32. The van der Waals surface area contributed by atoms with Gasteiger partial charge in [0.25, 0.3) is 5.91 Å². The van der Waals surface area contributed by atoms with Gasteiger partial charge < -0.3 is 14.8 Å². The molecule has 2 aromatic carbocycles. The first-order valence-corrected chi connectivity index (χ1v) is 11.5. The van der Waals surface area contributed by atoms with Gasteiger partial charge in [0.2, 0.25) is 10.0 Å². The fourth-order valence-electron chi connectivity index (χ4n) is 3.64. The molecule has 10 heteroatoms. The number of esters is 1. The average molecular weight is 465 g/mol. The summed E-state index contributed by atoms with van der Waals surface area (Å²) in [5.74, 6) is -2.07. The predicted octanol–water partition coefficient (Wildman–Crippen LogP) is 3.44. The topological polar surface area (TPSA) is 102 Å². The number of sulfonamides is 1. The molecule has 2 aromatic rings. The lowest BCUT2D eigenvalue weighted by Crippen LogP contribution is -2.42. The summed E-state index contributed by atoms with van der Waals surface area (Å²) >= 11 is 0. The number of carbonyl (C=O) groups excluding carboxylic acids is 2. The van der Waals surface area contributed by atoms with Gasteiger partial charge in [-0.15, -0.1) is 0 Å². The summed E-state index contributed by atoms with van der Waals surface area (Å²) in [4.78, 5) is 24.4. The van der Waals surface area contributed by atoms with Crippen molar-refractivity contribution < 1.29 is 31.9 Å². The quantitative estimate of drug-likeness (QED) is 0.657. The van der Waals surface area contributed by atoms with E-state index in [0.29, 0.717) is 6.54 Å². The molecule has 32 heavy (non-hydrogen) atoms. The molecule has 1 saturated heterocycles. The first-order chi connectivity index (χ1) is 15.2. The van der Waals surface area contributed by atoms with Gasteiger partial charge >= 0.3 is 5.97 Å². The van der Waals surface area contributed by atoms with Gasteiger partial charge in [0.15, 0.2) is 0 Å². The van der Waals surface area contributed by atoms with Crippen LogP contribution in [0, 0.1) is 5.82 Å². The van der Waals surface area contributed by atoms with Gasteiger partial charge in [-0.3, -0.25) is 4.79 Å². The molecule has 8 nitrogen and oxygen atoms in total. The lowest BCUT2D eigenvalue weighted by molar-refractivity contribution is 0.0600. The molecule has 3 rings (SSSR count). The minimum absolute atomic E-state index is 0.00286. The number of hydrogen-bond acceptors (Lipinski definition) is 6. The van der Waals surface area contributed by atoms with E-state index in [-0.39, 0.29) is 33.5 Å². The van der Waals surface area contributed by atoms with Crippen LogP contribution in [0.25, 0.3) is 0 Å². The number of halogens is 1. The van der Waals surface area contributed by atoms with Crippen molar-refractivity contribution in [1.82, 2.24) is 4.31 Å². The van der Waals surface area contributed by atoms with Crippen molar-refractivity contribution in [3.8, 4) is 5.75 Å². The van der Waals surface area contributed by atoms with E-state index in [9.17, 15) is 22.4 Å². The molecular weight excluding hydrogens is 439 g/mol. The Kier molecular flexibility index (Phi) is 7.15. The molecule has 0 aromatic heterocycles. The van der Waals surface area contributed by atoms with Gasteiger partial charge in [0, 0.05) is 18.2 Å². The molecule has 1 unspecified atom stereocenters. The zero-order chi connectivity index (χ0) is 23.5. The van der Waals surface area contributed by atoms with Gasteiger partial charge in [-0.1, -0.05) is 6.42 Å². The van der Waals surface area contributed by atoms with Crippen molar-refractivity contribution in [2.24, 2.45) is 0 Å². The summed E-state index contributed by atoms with van der Waals surface area (Å²) in [6, 6.07) is 7.22. The van der Waals surface area contributed by atoms with E-state index in [1.165, 1.54) is 42.8 Å². The molecule has 1 aliphatic heterocycles. The average Bonchev–Trinajstić information content (AvgIpc) is 2.79. The maximum atomic E-state index is 14.2. The predicted molar refractivity (Wildman–Crippen MR) is 116 cm³/mol. The molecule has 172 valence electrons. The molecule has 1 fully saturated rings. The number of methoxy groups -OCH3 is 2. The van der Waals surface area contributed by atoms with E-state index >= 15 is 0 Å². The number of rotatable bonds is 6. The Labute approximate surface area is 186 Å². The molecule has 0 bridgehead atoms. The van der Waals surface area contributed by atoms with Crippen LogP contribution in [0.2, 0.25) is 0 Å². The van der Waals surface area contributed by atoms with Crippen LogP contribution >= 0.6 is 0 Å². The molecule has 0 saturated carbocycles. The summed E-state index contributed by atoms with van der Waals surface area (Å²) in [6.07, 6.45) is 2.45. The Bertz CT molecular complexity index is 1140. The van der Waals surface area contributed by atoms with Crippen molar-refractivity contribution in [2.75, 3.05) is 26.1 Å². The number of nitrogens with zero attached hydrogens (tertiary/aromatic N) is 1. The van der Waals surface area contributed by atoms with E-state index in [1.54, 1.807) is 0 Å². The van der Waals surface area contributed by atoms with E-state index < -0.39 is 27.7 Å².